The molecule has 0 saturated carbocycles. The largest absolute Gasteiger partial charge is 0.401 e. The third-order valence-corrected chi connectivity index (χ3v) is 3.41. The fourth-order valence-corrected chi connectivity index (χ4v) is 1.21. The molecule has 5 heteroatoms. The van der Waals surface area contributed by atoms with Gasteiger partial charge in [0.15, 0.2) is 5.76 Å². The molecule has 0 atom stereocenters. The molecule has 1 rings (SSSR count). The second-order valence-corrected chi connectivity index (χ2v) is 5.44. The molecule has 98 valence electrons. The van der Waals surface area contributed by atoms with Crippen LogP contribution >= 0.6 is 0 Å². The molecule has 0 amide bonds. The second kappa shape index (κ2) is 4.03. The molecule has 0 aliphatic heterocycles. The topological polar surface area (TPSA) is 26.0 Å². The van der Waals surface area contributed by atoms with Crippen LogP contribution in [0.3, 0.4) is 0 Å². The number of nitrogens with zero attached hydrogens (tertiary/aromatic N) is 1. The lowest BCUT2D eigenvalue weighted by Gasteiger charge is -2.24. The number of rotatable bonds is 3. The Kier molecular flexibility index (Phi) is 3.34. The van der Waals surface area contributed by atoms with E-state index in [1.807, 2.05) is 20.8 Å². The van der Waals surface area contributed by atoms with Gasteiger partial charge in [0, 0.05) is 11.5 Å². The maximum absolute atomic E-state index is 12.8. The second-order valence-electron chi connectivity index (χ2n) is 5.44. The summed E-state index contributed by atoms with van der Waals surface area (Å²) in [5.74, 6) is -0.137. The summed E-state index contributed by atoms with van der Waals surface area (Å²) in [6.45, 7) is 8.00. The minimum atomic E-state index is -4.35. The average Bonchev–Trinajstić information content (AvgIpc) is 2.65. The molecule has 1 heterocycles. The molecular formula is C12H18F3NO. The Hall–Kier alpha value is -1.00. The molecule has 0 aliphatic rings. The van der Waals surface area contributed by atoms with Gasteiger partial charge >= 0.3 is 6.18 Å². The first-order valence-electron chi connectivity index (χ1n) is 5.57. The van der Waals surface area contributed by atoms with Crippen molar-refractivity contribution < 1.29 is 17.7 Å². The predicted octanol–water partition coefficient (Wildman–Crippen LogP) is 4.20. The lowest BCUT2D eigenvalue weighted by Crippen LogP contribution is -2.36. The van der Waals surface area contributed by atoms with Crippen LogP contribution in [0.2, 0.25) is 0 Å². The Morgan fingerprint density at radius 3 is 2.12 bits per heavy atom. The van der Waals surface area contributed by atoms with Crippen molar-refractivity contribution >= 4 is 0 Å². The van der Waals surface area contributed by atoms with Crippen molar-refractivity contribution in [2.75, 3.05) is 0 Å². The Bertz CT molecular complexity index is 391. The van der Waals surface area contributed by atoms with Gasteiger partial charge in [-0.2, -0.15) is 13.2 Å². The summed E-state index contributed by atoms with van der Waals surface area (Å²) in [4.78, 5) is 0. The van der Waals surface area contributed by atoms with Crippen LogP contribution in [0.4, 0.5) is 13.2 Å². The number of hydrogen-bond donors (Lipinski definition) is 0. The number of halogens is 3. The molecule has 0 aliphatic carbocycles. The van der Waals surface area contributed by atoms with Gasteiger partial charge in [-0.05, 0) is 20.3 Å². The highest BCUT2D eigenvalue weighted by atomic mass is 19.4. The van der Waals surface area contributed by atoms with Crippen LogP contribution in [0.1, 0.15) is 52.5 Å². The molecule has 0 fully saturated rings. The van der Waals surface area contributed by atoms with Crippen molar-refractivity contribution in [2.24, 2.45) is 0 Å². The van der Waals surface area contributed by atoms with Crippen LogP contribution in [0.5, 0.6) is 0 Å². The Balaban J connectivity index is 3.12. The van der Waals surface area contributed by atoms with E-state index in [9.17, 15) is 13.2 Å². The molecule has 17 heavy (non-hydrogen) atoms. The molecule has 0 bridgehead atoms. The van der Waals surface area contributed by atoms with Gasteiger partial charge in [0.1, 0.15) is 5.41 Å². The van der Waals surface area contributed by atoms with Crippen molar-refractivity contribution in [1.82, 2.24) is 5.16 Å². The van der Waals surface area contributed by atoms with Gasteiger partial charge in [-0.3, -0.25) is 0 Å². The normalized spacial score (nSPS) is 14.1. The van der Waals surface area contributed by atoms with Crippen LogP contribution in [0, 0.1) is 0 Å². The smallest absolute Gasteiger partial charge is 0.360 e. The quantitative estimate of drug-likeness (QED) is 0.802. The molecule has 1 aromatic rings. The lowest BCUT2D eigenvalue weighted by molar-refractivity contribution is -0.185. The Morgan fingerprint density at radius 1 is 1.18 bits per heavy atom. The summed E-state index contributed by atoms with van der Waals surface area (Å²) < 4.78 is 43.3. The minimum Gasteiger partial charge on any atom is -0.360 e. The van der Waals surface area contributed by atoms with E-state index < -0.39 is 11.6 Å². The van der Waals surface area contributed by atoms with E-state index in [1.54, 1.807) is 0 Å². The van der Waals surface area contributed by atoms with Crippen molar-refractivity contribution in [3.63, 3.8) is 0 Å². The molecule has 0 unspecified atom stereocenters. The van der Waals surface area contributed by atoms with Gasteiger partial charge in [-0.1, -0.05) is 25.9 Å². The van der Waals surface area contributed by atoms with Crippen molar-refractivity contribution in [1.29, 1.82) is 0 Å². The van der Waals surface area contributed by atoms with E-state index in [-0.39, 0.29) is 11.2 Å². The van der Waals surface area contributed by atoms with Gasteiger partial charge in [-0.25, -0.2) is 0 Å². The molecule has 0 N–H and O–H groups in total. The Labute approximate surface area is 99.2 Å². The third kappa shape index (κ3) is 2.48. The van der Waals surface area contributed by atoms with Gasteiger partial charge in [0.25, 0.3) is 0 Å². The average molecular weight is 249 g/mol. The van der Waals surface area contributed by atoms with E-state index in [1.165, 1.54) is 6.07 Å². The maximum atomic E-state index is 12.8. The summed E-state index contributed by atoms with van der Waals surface area (Å²) in [6.07, 6.45) is -3.56. The highest BCUT2D eigenvalue weighted by molar-refractivity contribution is 5.21. The molecule has 1 aromatic heterocycles. The molecule has 0 aromatic carbocycles. The van der Waals surface area contributed by atoms with E-state index >= 15 is 0 Å². The van der Waals surface area contributed by atoms with Crippen LogP contribution < -0.4 is 0 Å². The van der Waals surface area contributed by atoms with Crippen molar-refractivity contribution in [3.8, 4) is 0 Å². The van der Waals surface area contributed by atoms with E-state index in [2.05, 4.69) is 5.16 Å². The highest BCUT2D eigenvalue weighted by Crippen LogP contribution is 2.41. The highest BCUT2D eigenvalue weighted by Gasteiger charge is 2.51. The number of alkyl halides is 3. The zero-order chi connectivity index (χ0) is 13.5. The van der Waals surface area contributed by atoms with Crippen LogP contribution in [-0.2, 0) is 10.8 Å². The van der Waals surface area contributed by atoms with Gasteiger partial charge in [0.2, 0.25) is 0 Å². The fraction of sp³-hybridized carbons (Fsp3) is 0.750. The number of aromatic nitrogens is 1. The van der Waals surface area contributed by atoms with E-state index in [0.29, 0.717) is 5.69 Å². The molecule has 0 spiro atoms. The van der Waals surface area contributed by atoms with Crippen molar-refractivity contribution in [3.05, 3.63) is 17.5 Å². The summed E-state index contributed by atoms with van der Waals surface area (Å²) in [7, 11) is 0. The van der Waals surface area contributed by atoms with Gasteiger partial charge in [0.05, 0.1) is 5.69 Å². The van der Waals surface area contributed by atoms with E-state index in [4.69, 9.17) is 4.52 Å². The zero-order valence-electron chi connectivity index (χ0n) is 10.8. The fourth-order valence-electron chi connectivity index (χ4n) is 1.21. The third-order valence-electron chi connectivity index (χ3n) is 3.41. The molecule has 2 nitrogen and oxygen atoms in total. The first-order chi connectivity index (χ1) is 7.52. The van der Waals surface area contributed by atoms with Crippen LogP contribution in [-0.4, -0.2) is 11.3 Å². The van der Waals surface area contributed by atoms with Gasteiger partial charge in [-0.15, -0.1) is 0 Å². The lowest BCUT2D eigenvalue weighted by atomic mass is 9.84. The SMILES string of the molecule is CCC(C)(C)c1cc(C(C)(C)C(F)(F)F)on1. The van der Waals surface area contributed by atoms with E-state index in [0.717, 1.165) is 20.3 Å². The summed E-state index contributed by atoms with van der Waals surface area (Å²) >= 11 is 0. The Morgan fingerprint density at radius 2 is 1.71 bits per heavy atom. The molecule has 0 saturated heterocycles. The minimum absolute atomic E-state index is 0.137. The molecular weight excluding hydrogens is 231 g/mol. The molecule has 0 radical (unpaired) electrons. The number of hydrogen-bond acceptors (Lipinski definition) is 2. The van der Waals surface area contributed by atoms with Gasteiger partial charge < -0.3 is 4.52 Å². The first kappa shape index (κ1) is 14.1. The van der Waals surface area contributed by atoms with Crippen LogP contribution in [0.25, 0.3) is 0 Å². The van der Waals surface area contributed by atoms with Crippen LogP contribution in [0.15, 0.2) is 10.6 Å². The van der Waals surface area contributed by atoms with Crippen molar-refractivity contribution in [2.45, 2.75) is 58.0 Å². The first-order valence-corrected chi connectivity index (χ1v) is 5.57. The predicted molar refractivity (Wildman–Crippen MR) is 58.9 cm³/mol. The standard InChI is InChI=1S/C12H18F3NO/c1-6-10(2,3)8-7-9(17-16-8)11(4,5)12(13,14)15/h7H,6H2,1-5H3. The summed E-state index contributed by atoms with van der Waals surface area (Å²) in [5, 5.41) is 3.76. The maximum Gasteiger partial charge on any atom is 0.401 e. The monoisotopic (exact) mass is 249 g/mol. The zero-order valence-corrected chi connectivity index (χ0v) is 10.8. The summed E-state index contributed by atoms with van der Waals surface area (Å²) in [6, 6.07) is 1.41. The summed E-state index contributed by atoms with van der Waals surface area (Å²) in [5.41, 5.74) is -1.72.